The molecule has 5 heteroatoms. The summed E-state index contributed by atoms with van der Waals surface area (Å²) in [7, 11) is 1.62. The van der Waals surface area contributed by atoms with E-state index >= 15 is 0 Å². The van der Waals surface area contributed by atoms with Gasteiger partial charge in [-0.2, -0.15) is 0 Å². The van der Waals surface area contributed by atoms with Crippen molar-refractivity contribution in [3.63, 3.8) is 0 Å². The topological polar surface area (TPSA) is 47.6 Å². The molecule has 1 amide bonds. The predicted octanol–water partition coefficient (Wildman–Crippen LogP) is 1.33. The first-order chi connectivity index (χ1) is 7.10. The second kappa shape index (κ2) is 9.12. The average molecular weight is 282 g/mol. The third-order valence-electron chi connectivity index (χ3n) is 1.74. The van der Waals surface area contributed by atoms with Crippen LogP contribution < -0.4 is 5.32 Å². The van der Waals surface area contributed by atoms with Crippen LogP contribution in [0.25, 0.3) is 0 Å². The van der Waals surface area contributed by atoms with Gasteiger partial charge in [-0.15, -0.1) is 0 Å². The fourth-order valence-corrected chi connectivity index (χ4v) is 1.59. The number of methoxy groups -OCH3 is 1. The molecule has 4 nitrogen and oxygen atoms in total. The van der Waals surface area contributed by atoms with Gasteiger partial charge in [0, 0.05) is 12.4 Å². The molecule has 1 atom stereocenters. The number of carbonyl (C=O) groups excluding carboxylic acids is 1. The highest BCUT2D eigenvalue weighted by Gasteiger charge is 2.11. The van der Waals surface area contributed by atoms with Crippen LogP contribution in [-0.2, 0) is 14.3 Å². The van der Waals surface area contributed by atoms with E-state index in [1.807, 2.05) is 13.8 Å². The maximum atomic E-state index is 11.4. The molecule has 1 N–H and O–H groups in total. The Balaban J connectivity index is 3.77. The SMILES string of the molecule is COCC(CCBr)NC(=O)COC(C)C. The van der Waals surface area contributed by atoms with E-state index < -0.39 is 0 Å². The van der Waals surface area contributed by atoms with Crippen molar-refractivity contribution >= 4 is 21.8 Å². The minimum atomic E-state index is -0.0910. The van der Waals surface area contributed by atoms with E-state index in [0.717, 1.165) is 11.8 Å². The molecule has 0 saturated heterocycles. The van der Waals surface area contributed by atoms with Crippen molar-refractivity contribution in [3.8, 4) is 0 Å². The minimum absolute atomic E-state index is 0.0534. The molecule has 0 fully saturated rings. The van der Waals surface area contributed by atoms with Crippen LogP contribution in [0.1, 0.15) is 20.3 Å². The summed E-state index contributed by atoms with van der Waals surface area (Å²) in [5, 5.41) is 3.69. The zero-order chi connectivity index (χ0) is 11.7. The molecular formula is C10H20BrNO3. The number of hydrogen-bond acceptors (Lipinski definition) is 3. The van der Waals surface area contributed by atoms with Crippen LogP contribution in [0.5, 0.6) is 0 Å². The lowest BCUT2D eigenvalue weighted by molar-refractivity contribution is -0.128. The lowest BCUT2D eigenvalue weighted by Crippen LogP contribution is -2.40. The van der Waals surface area contributed by atoms with Crippen molar-refractivity contribution in [1.82, 2.24) is 5.32 Å². The normalized spacial score (nSPS) is 12.9. The summed E-state index contributed by atoms with van der Waals surface area (Å²) in [5.41, 5.74) is 0. The van der Waals surface area contributed by atoms with Gasteiger partial charge in [0.15, 0.2) is 0 Å². The second-order valence-electron chi connectivity index (χ2n) is 3.56. The average Bonchev–Trinajstić information content (AvgIpc) is 2.15. The van der Waals surface area contributed by atoms with Crippen LogP contribution in [0.15, 0.2) is 0 Å². The van der Waals surface area contributed by atoms with Gasteiger partial charge < -0.3 is 14.8 Å². The number of rotatable bonds is 8. The number of halogens is 1. The number of alkyl halides is 1. The van der Waals surface area contributed by atoms with Crippen molar-refractivity contribution in [3.05, 3.63) is 0 Å². The summed E-state index contributed by atoms with van der Waals surface area (Å²) in [5.74, 6) is -0.0910. The molecule has 0 saturated carbocycles. The summed E-state index contributed by atoms with van der Waals surface area (Å²) in [4.78, 5) is 11.4. The molecule has 0 heterocycles. The van der Waals surface area contributed by atoms with Gasteiger partial charge in [-0.1, -0.05) is 15.9 Å². The Kier molecular flexibility index (Phi) is 9.04. The minimum Gasteiger partial charge on any atom is -0.383 e. The lowest BCUT2D eigenvalue weighted by Gasteiger charge is -2.17. The summed E-state index contributed by atoms with van der Waals surface area (Å²) in [6.45, 7) is 4.44. The first-order valence-corrected chi connectivity index (χ1v) is 6.18. The van der Waals surface area contributed by atoms with Crippen LogP contribution in [0.4, 0.5) is 0 Å². The van der Waals surface area contributed by atoms with Gasteiger partial charge >= 0.3 is 0 Å². The number of hydrogen-bond donors (Lipinski definition) is 1. The highest BCUT2D eigenvalue weighted by atomic mass is 79.9. The molecule has 0 bridgehead atoms. The first kappa shape index (κ1) is 14.9. The Morgan fingerprint density at radius 1 is 1.47 bits per heavy atom. The van der Waals surface area contributed by atoms with Crippen molar-refractivity contribution in [2.45, 2.75) is 32.4 Å². The van der Waals surface area contributed by atoms with E-state index in [1.54, 1.807) is 7.11 Å². The van der Waals surface area contributed by atoms with E-state index in [-0.39, 0.29) is 24.7 Å². The van der Waals surface area contributed by atoms with E-state index in [9.17, 15) is 4.79 Å². The molecule has 0 aliphatic carbocycles. The van der Waals surface area contributed by atoms with Gasteiger partial charge in [-0.25, -0.2) is 0 Å². The van der Waals surface area contributed by atoms with Gasteiger partial charge in [0.25, 0.3) is 0 Å². The summed E-state index contributed by atoms with van der Waals surface area (Å²) < 4.78 is 10.2. The second-order valence-corrected chi connectivity index (χ2v) is 4.35. The van der Waals surface area contributed by atoms with Crippen LogP contribution in [0.2, 0.25) is 0 Å². The van der Waals surface area contributed by atoms with Crippen LogP contribution in [0.3, 0.4) is 0 Å². The standard InChI is InChI=1S/C10H20BrNO3/c1-8(2)15-7-10(13)12-9(4-5-11)6-14-3/h8-9H,4-7H2,1-3H3,(H,12,13). The third kappa shape index (κ3) is 8.84. The Morgan fingerprint density at radius 2 is 2.13 bits per heavy atom. The summed E-state index contributed by atoms with van der Waals surface area (Å²) in [6, 6.07) is 0.0534. The van der Waals surface area contributed by atoms with Crippen LogP contribution in [0, 0.1) is 0 Å². The molecule has 0 aromatic carbocycles. The zero-order valence-electron chi connectivity index (χ0n) is 9.59. The fourth-order valence-electron chi connectivity index (χ4n) is 1.04. The predicted molar refractivity (Wildman–Crippen MR) is 63.3 cm³/mol. The highest BCUT2D eigenvalue weighted by molar-refractivity contribution is 9.09. The molecule has 0 radical (unpaired) electrons. The van der Waals surface area contributed by atoms with Crippen LogP contribution in [-0.4, -0.2) is 43.7 Å². The number of carbonyl (C=O) groups is 1. The third-order valence-corrected chi connectivity index (χ3v) is 2.20. The van der Waals surface area contributed by atoms with Crippen molar-refractivity contribution < 1.29 is 14.3 Å². The van der Waals surface area contributed by atoms with Crippen molar-refractivity contribution in [2.75, 3.05) is 25.7 Å². The molecule has 0 aliphatic heterocycles. The van der Waals surface area contributed by atoms with E-state index in [2.05, 4.69) is 21.2 Å². The Labute approximate surface area is 99.8 Å². The van der Waals surface area contributed by atoms with Gasteiger partial charge in [-0.05, 0) is 20.3 Å². The van der Waals surface area contributed by atoms with Crippen LogP contribution >= 0.6 is 15.9 Å². The number of amides is 1. The monoisotopic (exact) mass is 281 g/mol. The Hall–Kier alpha value is -0.130. The van der Waals surface area contributed by atoms with E-state index in [0.29, 0.717) is 6.61 Å². The van der Waals surface area contributed by atoms with Gasteiger partial charge in [0.1, 0.15) is 6.61 Å². The summed E-state index contributed by atoms with van der Waals surface area (Å²) >= 11 is 3.33. The first-order valence-electron chi connectivity index (χ1n) is 5.06. The largest absolute Gasteiger partial charge is 0.383 e. The number of nitrogens with one attached hydrogen (secondary N) is 1. The van der Waals surface area contributed by atoms with Gasteiger partial charge in [0.2, 0.25) is 5.91 Å². The maximum Gasteiger partial charge on any atom is 0.246 e. The van der Waals surface area contributed by atoms with E-state index in [4.69, 9.17) is 9.47 Å². The molecule has 0 aromatic rings. The van der Waals surface area contributed by atoms with Gasteiger partial charge in [-0.3, -0.25) is 4.79 Å². The fraction of sp³-hybridized carbons (Fsp3) is 0.900. The Morgan fingerprint density at radius 3 is 2.60 bits per heavy atom. The zero-order valence-corrected chi connectivity index (χ0v) is 11.2. The number of ether oxygens (including phenoxy) is 2. The highest BCUT2D eigenvalue weighted by Crippen LogP contribution is 1.97. The molecule has 90 valence electrons. The van der Waals surface area contributed by atoms with Crippen molar-refractivity contribution in [1.29, 1.82) is 0 Å². The molecule has 1 unspecified atom stereocenters. The molecular weight excluding hydrogens is 262 g/mol. The molecule has 0 aromatic heterocycles. The smallest absolute Gasteiger partial charge is 0.246 e. The lowest BCUT2D eigenvalue weighted by atomic mass is 10.2. The van der Waals surface area contributed by atoms with Gasteiger partial charge in [0.05, 0.1) is 18.8 Å². The van der Waals surface area contributed by atoms with Crippen molar-refractivity contribution in [2.24, 2.45) is 0 Å². The molecule has 0 spiro atoms. The molecule has 0 aliphatic rings. The summed E-state index contributed by atoms with van der Waals surface area (Å²) in [6.07, 6.45) is 0.925. The Bertz CT molecular complexity index is 170. The molecule has 0 rings (SSSR count). The maximum absolute atomic E-state index is 11.4. The quantitative estimate of drug-likeness (QED) is 0.683. The molecule has 15 heavy (non-hydrogen) atoms. The van der Waals surface area contributed by atoms with E-state index in [1.165, 1.54) is 0 Å².